The van der Waals surface area contributed by atoms with Gasteiger partial charge in [0.25, 0.3) is 0 Å². The summed E-state index contributed by atoms with van der Waals surface area (Å²) in [5, 5.41) is 0. The lowest BCUT2D eigenvalue weighted by Crippen LogP contribution is -2.36. The molecule has 0 fully saturated rings. The second-order valence-electron chi connectivity index (χ2n) is 5.38. The average molecular weight is 269 g/mol. The van der Waals surface area contributed by atoms with Crippen molar-refractivity contribution in [2.24, 2.45) is 4.99 Å². The van der Waals surface area contributed by atoms with Gasteiger partial charge in [-0.15, -0.1) is 0 Å². The van der Waals surface area contributed by atoms with Crippen LogP contribution in [0.4, 0.5) is 0 Å². The molecule has 1 atom stereocenters. The third-order valence-electron chi connectivity index (χ3n) is 3.98. The highest BCUT2D eigenvalue weighted by atomic mass is 16.5. The molecule has 0 spiro atoms. The molecule has 4 nitrogen and oxygen atoms in total. The van der Waals surface area contributed by atoms with Crippen LogP contribution in [0.1, 0.15) is 29.8 Å². The van der Waals surface area contributed by atoms with Gasteiger partial charge in [-0.25, -0.2) is 4.79 Å². The lowest BCUT2D eigenvalue weighted by atomic mass is 9.74. The number of ether oxygens (including phenoxy) is 1. The number of carbonyl (C=O) groups excluding carboxylic acids is 2. The molecule has 0 saturated heterocycles. The molecule has 0 bridgehead atoms. The van der Waals surface area contributed by atoms with Crippen molar-refractivity contribution in [2.45, 2.75) is 25.8 Å². The average Bonchev–Trinajstić information content (AvgIpc) is 2.69. The minimum Gasteiger partial charge on any atom is -0.465 e. The molecule has 4 heteroatoms. The van der Waals surface area contributed by atoms with Crippen LogP contribution in [-0.2, 0) is 16.0 Å². The summed E-state index contributed by atoms with van der Waals surface area (Å²) in [6.45, 7) is 3.65. The number of benzene rings is 1. The largest absolute Gasteiger partial charge is 0.465 e. The molecular formula is C16H15NO3. The lowest BCUT2D eigenvalue weighted by molar-refractivity contribution is -0.135. The monoisotopic (exact) mass is 269 g/mol. The minimum atomic E-state index is -0.654. The maximum absolute atomic E-state index is 12.7. The Morgan fingerprint density at radius 3 is 2.75 bits per heavy atom. The summed E-state index contributed by atoms with van der Waals surface area (Å²) in [5.41, 5.74) is 2.36. The molecule has 3 rings (SSSR count). The van der Waals surface area contributed by atoms with Gasteiger partial charge >= 0.3 is 5.97 Å². The van der Waals surface area contributed by atoms with Crippen molar-refractivity contribution in [1.82, 2.24) is 0 Å². The first-order chi connectivity index (χ1) is 9.48. The van der Waals surface area contributed by atoms with Crippen LogP contribution in [0, 0.1) is 0 Å². The molecule has 102 valence electrons. The van der Waals surface area contributed by atoms with Crippen molar-refractivity contribution in [3.8, 4) is 0 Å². The Kier molecular flexibility index (Phi) is 2.64. The van der Waals surface area contributed by atoms with Gasteiger partial charge < -0.3 is 4.74 Å². The Bertz CT molecular complexity index is 699. The molecule has 0 saturated carbocycles. The zero-order valence-electron chi connectivity index (χ0n) is 11.7. The van der Waals surface area contributed by atoms with Crippen molar-refractivity contribution in [3.05, 3.63) is 46.5 Å². The van der Waals surface area contributed by atoms with Gasteiger partial charge in [0.15, 0.2) is 5.78 Å². The number of methoxy groups -OCH3 is 1. The number of Topliss-reactive ketones (excluding diaryl/α,β-unsaturated/α-hetero) is 1. The minimum absolute atomic E-state index is 0.115. The van der Waals surface area contributed by atoms with Crippen LogP contribution in [0.5, 0.6) is 0 Å². The molecule has 1 heterocycles. The van der Waals surface area contributed by atoms with Crippen LogP contribution in [0.2, 0.25) is 0 Å². The Hall–Kier alpha value is -2.23. The van der Waals surface area contributed by atoms with Gasteiger partial charge in [0.2, 0.25) is 0 Å². The number of hydrogen-bond donors (Lipinski definition) is 0. The highest BCUT2D eigenvalue weighted by Gasteiger charge is 2.47. The molecule has 1 aromatic rings. The Morgan fingerprint density at radius 2 is 2.05 bits per heavy atom. The van der Waals surface area contributed by atoms with Gasteiger partial charge in [0, 0.05) is 23.3 Å². The smallest absolute Gasteiger partial charge is 0.340 e. The van der Waals surface area contributed by atoms with Gasteiger partial charge in [0.05, 0.1) is 18.2 Å². The fourth-order valence-electron chi connectivity index (χ4n) is 3.17. The van der Waals surface area contributed by atoms with Crippen LogP contribution < -0.4 is 0 Å². The first-order valence-electron chi connectivity index (χ1n) is 6.50. The summed E-state index contributed by atoms with van der Waals surface area (Å²) in [7, 11) is 1.32. The van der Waals surface area contributed by atoms with E-state index in [1.807, 2.05) is 25.1 Å². The zero-order chi connectivity index (χ0) is 14.5. The van der Waals surface area contributed by atoms with Crippen molar-refractivity contribution in [2.75, 3.05) is 7.11 Å². The highest BCUT2D eigenvalue weighted by Crippen LogP contribution is 2.41. The van der Waals surface area contributed by atoms with E-state index in [9.17, 15) is 9.59 Å². The van der Waals surface area contributed by atoms with Gasteiger partial charge in [0.1, 0.15) is 0 Å². The topological polar surface area (TPSA) is 55.7 Å². The standard InChI is InChI=1S/C16H15NO3/c1-9-12(15(19)20-3)13-14(18)11-7-5-4-6-10(11)8-16(13,2)17-9/h4-7H,8H2,1-3H3. The summed E-state index contributed by atoms with van der Waals surface area (Å²) < 4.78 is 4.80. The number of carbonyl (C=O) groups is 2. The van der Waals surface area contributed by atoms with Crippen molar-refractivity contribution in [1.29, 1.82) is 0 Å². The molecule has 1 aliphatic heterocycles. The molecule has 1 unspecified atom stereocenters. The number of rotatable bonds is 1. The van der Waals surface area contributed by atoms with Crippen LogP contribution in [0.15, 0.2) is 40.4 Å². The third-order valence-corrected chi connectivity index (χ3v) is 3.98. The predicted molar refractivity (Wildman–Crippen MR) is 75.0 cm³/mol. The second-order valence-corrected chi connectivity index (χ2v) is 5.38. The highest BCUT2D eigenvalue weighted by molar-refractivity contribution is 6.29. The van der Waals surface area contributed by atoms with E-state index in [4.69, 9.17) is 4.74 Å². The molecule has 1 aliphatic carbocycles. The molecule has 20 heavy (non-hydrogen) atoms. The first kappa shape index (κ1) is 12.8. The number of nitrogens with zero attached hydrogens (tertiary/aromatic N) is 1. The van der Waals surface area contributed by atoms with Gasteiger partial charge in [-0.3, -0.25) is 9.79 Å². The van der Waals surface area contributed by atoms with Crippen molar-refractivity contribution in [3.63, 3.8) is 0 Å². The summed E-state index contributed by atoms with van der Waals surface area (Å²) >= 11 is 0. The van der Waals surface area contributed by atoms with Crippen LogP contribution in [0.3, 0.4) is 0 Å². The number of fused-ring (bicyclic) bond motifs is 2. The van der Waals surface area contributed by atoms with Crippen LogP contribution >= 0.6 is 0 Å². The number of ketones is 1. The van der Waals surface area contributed by atoms with E-state index in [1.54, 1.807) is 13.0 Å². The fourth-order valence-corrected chi connectivity index (χ4v) is 3.17. The first-order valence-corrected chi connectivity index (χ1v) is 6.50. The van der Waals surface area contributed by atoms with E-state index < -0.39 is 11.5 Å². The maximum atomic E-state index is 12.7. The predicted octanol–water partition coefficient (Wildman–Crippen LogP) is 2.13. The zero-order valence-corrected chi connectivity index (χ0v) is 11.7. The van der Waals surface area contributed by atoms with Gasteiger partial charge in [-0.2, -0.15) is 0 Å². The Morgan fingerprint density at radius 1 is 1.35 bits per heavy atom. The maximum Gasteiger partial charge on any atom is 0.340 e. The van der Waals surface area contributed by atoms with Gasteiger partial charge in [-0.1, -0.05) is 24.3 Å². The summed E-state index contributed by atoms with van der Waals surface area (Å²) in [4.78, 5) is 29.3. The third kappa shape index (κ3) is 1.57. The Balaban J connectivity index is 2.26. The van der Waals surface area contributed by atoms with E-state index >= 15 is 0 Å². The molecule has 0 amide bonds. The summed E-state index contributed by atoms with van der Waals surface area (Å²) in [5.74, 6) is -0.604. The number of esters is 1. The molecular weight excluding hydrogens is 254 g/mol. The van der Waals surface area contributed by atoms with Crippen LogP contribution in [-0.4, -0.2) is 30.1 Å². The van der Waals surface area contributed by atoms with Crippen LogP contribution in [0.25, 0.3) is 0 Å². The van der Waals surface area contributed by atoms with E-state index in [1.165, 1.54) is 7.11 Å². The van der Waals surface area contributed by atoms with E-state index in [0.717, 1.165) is 5.56 Å². The van der Waals surface area contributed by atoms with Gasteiger partial charge in [-0.05, 0) is 19.4 Å². The van der Waals surface area contributed by atoms with Crippen molar-refractivity contribution < 1.29 is 14.3 Å². The molecule has 0 radical (unpaired) electrons. The number of hydrogen-bond acceptors (Lipinski definition) is 4. The quantitative estimate of drug-likeness (QED) is 0.734. The van der Waals surface area contributed by atoms with E-state index in [0.29, 0.717) is 28.8 Å². The molecule has 1 aromatic carbocycles. The Labute approximate surface area is 117 Å². The molecule has 0 aromatic heterocycles. The lowest BCUT2D eigenvalue weighted by Gasteiger charge is -2.30. The SMILES string of the molecule is COC(=O)C1=C2C(=O)c3ccccc3CC2(C)N=C1C. The fraction of sp³-hybridized carbons (Fsp3) is 0.312. The molecule has 2 aliphatic rings. The van der Waals surface area contributed by atoms with E-state index in [2.05, 4.69) is 4.99 Å². The molecule has 0 N–H and O–H groups in total. The summed E-state index contributed by atoms with van der Waals surface area (Å²) in [6, 6.07) is 7.49. The normalized spacial score (nSPS) is 24.1. The second kappa shape index (κ2) is 4.13. The number of aliphatic imine (C=N–C) groups is 1. The van der Waals surface area contributed by atoms with E-state index in [-0.39, 0.29) is 5.78 Å². The summed E-state index contributed by atoms with van der Waals surface area (Å²) in [6.07, 6.45) is 0.627. The van der Waals surface area contributed by atoms with Crippen molar-refractivity contribution >= 4 is 17.5 Å².